The highest BCUT2D eigenvalue weighted by Crippen LogP contribution is 2.22. The molecule has 1 atom stereocenters. The maximum absolute atomic E-state index is 13.3. The van der Waals surface area contributed by atoms with Gasteiger partial charge in [-0.3, -0.25) is 4.79 Å². The highest BCUT2D eigenvalue weighted by molar-refractivity contribution is 6.00. The van der Waals surface area contributed by atoms with E-state index in [1.807, 2.05) is 50.3 Å². The molecule has 4 rings (SSSR count). The fourth-order valence-electron chi connectivity index (χ4n) is 3.44. The zero-order chi connectivity index (χ0) is 17.6. The molecule has 0 saturated carbocycles. The molecule has 8 nitrogen and oxygen atoms in total. The Morgan fingerprint density at radius 1 is 1.32 bits per heavy atom. The average molecular weight is 339 g/mol. The highest BCUT2D eigenvalue weighted by Gasteiger charge is 2.33. The lowest BCUT2D eigenvalue weighted by Crippen LogP contribution is -2.51. The summed E-state index contributed by atoms with van der Waals surface area (Å²) in [7, 11) is 4.04. The lowest BCUT2D eigenvalue weighted by atomic mass is 10.1. The van der Waals surface area contributed by atoms with Crippen LogP contribution in [-0.2, 0) is 13.1 Å². The van der Waals surface area contributed by atoms with Crippen LogP contribution < -0.4 is 0 Å². The normalized spacial score (nSPS) is 17.3. The van der Waals surface area contributed by atoms with E-state index in [-0.39, 0.29) is 11.9 Å². The molecule has 0 aliphatic carbocycles. The zero-order valence-electron chi connectivity index (χ0n) is 14.6. The van der Waals surface area contributed by atoms with Crippen LogP contribution >= 0.6 is 0 Å². The smallest absolute Gasteiger partial charge is 0.258 e. The van der Waals surface area contributed by atoms with Gasteiger partial charge in [-0.2, -0.15) is 5.10 Å². The van der Waals surface area contributed by atoms with Gasteiger partial charge in [0.1, 0.15) is 5.82 Å². The van der Waals surface area contributed by atoms with Crippen LogP contribution in [0.5, 0.6) is 0 Å². The van der Waals surface area contributed by atoms with Crippen molar-refractivity contribution in [3.05, 3.63) is 47.8 Å². The van der Waals surface area contributed by atoms with Gasteiger partial charge in [-0.25, -0.2) is 4.52 Å². The minimum atomic E-state index is -0.0139. The Hall–Kier alpha value is -2.74. The molecule has 1 aliphatic heterocycles. The summed E-state index contributed by atoms with van der Waals surface area (Å²) in [6, 6.07) is 5.79. The van der Waals surface area contributed by atoms with Crippen molar-refractivity contribution in [1.82, 2.24) is 34.2 Å². The number of carbonyl (C=O) groups excluding carboxylic acids is 1. The van der Waals surface area contributed by atoms with Gasteiger partial charge in [0.05, 0.1) is 29.9 Å². The number of carbonyl (C=O) groups is 1. The minimum Gasteiger partial charge on any atom is -0.325 e. The van der Waals surface area contributed by atoms with E-state index in [4.69, 9.17) is 0 Å². The number of nitrogens with zero attached hydrogens (tertiary/aromatic N) is 7. The second-order valence-electron chi connectivity index (χ2n) is 6.71. The van der Waals surface area contributed by atoms with Crippen molar-refractivity contribution in [3.8, 4) is 0 Å². The van der Waals surface area contributed by atoms with E-state index in [1.165, 1.54) is 0 Å². The van der Waals surface area contributed by atoms with Crippen molar-refractivity contribution >= 4 is 11.4 Å². The molecule has 1 amide bonds. The first-order valence-corrected chi connectivity index (χ1v) is 8.31. The first-order chi connectivity index (χ1) is 12.0. The third-order valence-corrected chi connectivity index (χ3v) is 4.65. The summed E-state index contributed by atoms with van der Waals surface area (Å²) in [5.41, 5.74) is 1.44. The van der Waals surface area contributed by atoms with Crippen LogP contribution in [0.1, 0.15) is 22.0 Å². The summed E-state index contributed by atoms with van der Waals surface area (Å²) < 4.78 is 3.83. The number of pyridine rings is 1. The highest BCUT2D eigenvalue weighted by atomic mass is 16.2. The molecule has 25 heavy (non-hydrogen) atoms. The first kappa shape index (κ1) is 15.8. The molecule has 1 aliphatic rings. The molecule has 130 valence electrons. The van der Waals surface area contributed by atoms with Gasteiger partial charge in [0.2, 0.25) is 0 Å². The molecule has 3 aromatic heterocycles. The monoisotopic (exact) mass is 339 g/mol. The third-order valence-electron chi connectivity index (χ3n) is 4.65. The van der Waals surface area contributed by atoms with Gasteiger partial charge in [-0.1, -0.05) is 6.07 Å². The first-order valence-electron chi connectivity index (χ1n) is 8.31. The van der Waals surface area contributed by atoms with Crippen LogP contribution in [0.25, 0.3) is 5.52 Å². The van der Waals surface area contributed by atoms with Crippen molar-refractivity contribution < 1.29 is 4.79 Å². The maximum atomic E-state index is 13.3. The Balaban J connectivity index is 1.72. The fraction of sp³-hybridized carbons (Fsp3) is 0.412. The minimum absolute atomic E-state index is 0.0139. The number of aromatic nitrogens is 5. The molecule has 1 unspecified atom stereocenters. The molecular formula is C17H21N7O. The van der Waals surface area contributed by atoms with E-state index in [1.54, 1.807) is 10.7 Å². The summed E-state index contributed by atoms with van der Waals surface area (Å²) in [6.45, 7) is 3.90. The quantitative estimate of drug-likeness (QED) is 0.706. The second-order valence-corrected chi connectivity index (χ2v) is 6.71. The molecule has 0 spiro atoms. The van der Waals surface area contributed by atoms with Gasteiger partial charge >= 0.3 is 0 Å². The maximum Gasteiger partial charge on any atom is 0.258 e. The number of hydrogen-bond acceptors (Lipinski definition) is 5. The molecule has 0 N–H and O–H groups in total. The summed E-state index contributed by atoms with van der Waals surface area (Å²) in [6.07, 6.45) is 3.49. The van der Waals surface area contributed by atoms with Gasteiger partial charge in [0, 0.05) is 19.3 Å². The lowest BCUT2D eigenvalue weighted by molar-refractivity contribution is 0.0545. The summed E-state index contributed by atoms with van der Waals surface area (Å²) in [5.74, 6) is 1.71. The Bertz CT molecular complexity index is 926. The van der Waals surface area contributed by atoms with Crippen LogP contribution in [0.4, 0.5) is 0 Å². The van der Waals surface area contributed by atoms with E-state index in [9.17, 15) is 4.79 Å². The van der Waals surface area contributed by atoms with Gasteiger partial charge in [-0.05, 0) is 33.2 Å². The van der Waals surface area contributed by atoms with E-state index in [2.05, 4.69) is 24.8 Å². The molecule has 8 heteroatoms. The van der Waals surface area contributed by atoms with Crippen LogP contribution in [-0.4, -0.2) is 66.8 Å². The number of amides is 1. The molecule has 4 heterocycles. The van der Waals surface area contributed by atoms with E-state index >= 15 is 0 Å². The molecule has 0 aromatic carbocycles. The fourth-order valence-corrected chi connectivity index (χ4v) is 3.44. The van der Waals surface area contributed by atoms with Gasteiger partial charge < -0.3 is 14.4 Å². The molecule has 0 fully saturated rings. The summed E-state index contributed by atoms with van der Waals surface area (Å²) >= 11 is 0. The molecular weight excluding hydrogens is 318 g/mol. The summed E-state index contributed by atoms with van der Waals surface area (Å²) in [4.78, 5) is 17.3. The standard InChI is InChI=1S/C17H21N7O/c1-12-19-20-16-11-23(13(9-21(2)3)10-22(12)16)17(25)14-8-18-24-7-5-4-6-15(14)24/h4-8,13H,9-11H2,1-3H3. The van der Waals surface area contributed by atoms with Crippen LogP contribution in [0, 0.1) is 6.92 Å². The van der Waals surface area contributed by atoms with Crippen LogP contribution in [0.3, 0.4) is 0 Å². The Morgan fingerprint density at radius 3 is 2.96 bits per heavy atom. The molecule has 0 radical (unpaired) electrons. The molecule has 0 saturated heterocycles. The van der Waals surface area contributed by atoms with Gasteiger partial charge in [0.15, 0.2) is 5.82 Å². The van der Waals surface area contributed by atoms with Crippen molar-refractivity contribution in [2.45, 2.75) is 26.1 Å². The van der Waals surface area contributed by atoms with Crippen molar-refractivity contribution in [2.75, 3.05) is 20.6 Å². The Kier molecular flexibility index (Phi) is 3.76. The van der Waals surface area contributed by atoms with Gasteiger partial charge in [-0.15, -0.1) is 10.2 Å². The lowest BCUT2D eigenvalue weighted by Gasteiger charge is -2.37. The molecule has 0 bridgehead atoms. The SMILES string of the molecule is Cc1nnc2n1CC(CN(C)C)N(C(=O)c1cnn3ccccc13)C2. The number of fused-ring (bicyclic) bond motifs is 2. The number of hydrogen-bond donors (Lipinski definition) is 0. The van der Waals surface area contributed by atoms with Crippen molar-refractivity contribution in [1.29, 1.82) is 0 Å². The topological polar surface area (TPSA) is 71.6 Å². The number of rotatable bonds is 3. The summed E-state index contributed by atoms with van der Waals surface area (Å²) in [5, 5.41) is 12.7. The predicted octanol–water partition coefficient (Wildman–Crippen LogP) is 0.820. The zero-order valence-corrected chi connectivity index (χ0v) is 14.6. The largest absolute Gasteiger partial charge is 0.325 e. The van der Waals surface area contributed by atoms with Crippen LogP contribution in [0.2, 0.25) is 0 Å². The van der Waals surface area contributed by atoms with Crippen LogP contribution in [0.15, 0.2) is 30.6 Å². The van der Waals surface area contributed by atoms with E-state index < -0.39 is 0 Å². The molecule has 3 aromatic rings. The van der Waals surface area contributed by atoms with Crippen molar-refractivity contribution in [2.24, 2.45) is 0 Å². The Labute approximate surface area is 145 Å². The van der Waals surface area contributed by atoms with Gasteiger partial charge in [0.25, 0.3) is 5.91 Å². The average Bonchev–Trinajstić information content (AvgIpc) is 3.17. The second kappa shape index (κ2) is 5.96. The van der Waals surface area contributed by atoms with Crippen molar-refractivity contribution in [3.63, 3.8) is 0 Å². The third kappa shape index (κ3) is 2.68. The van der Waals surface area contributed by atoms with E-state index in [0.717, 1.165) is 23.7 Å². The van der Waals surface area contributed by atoms with E-state index in [0.29, 0.717) is 18.7 Å². The number of likely N-dealkylation sites (N-methyl/N-ethyl adjacent to an activating group) is 1. The number of aryl methyl sites for hydroxylation is 1. The predicted molar refractivity (Wildman–Crippen MR) is 92.2 cm³/mol. The Morgan fingerprint density at radius 2 is 2.16 bits per heavy atom.